The van der Waals surface area contributed by atoms with Crippen LogP contribution in [-0.2, 0) is 6.54 Å². The zero-order valence-electron chi connectivity index (χ0n) is 9.58. The van der Waals surface area contributed by atoms with Gasteiger partial charge in [-0.3, -0.25) is 9.55 Å². The second-order valence-electron chi connectivity index (χ2n) is 3.51. The van der Waals surface area contributed by atoms with Crippen LogP contribution in [0, 0.1) is 12.3 Å². The number of rotatable bonds is 4. The Bertz CT molecular complexity index is 614. The van der Waals surface area contributed by atoms with E-state index >= 15 is 0 Å². The van der Waals surface area contributed by atoms with E-state index in [-0.39, 0.29) is 18.2 Å². The zero-order chi connectivity index (χ0) is 12.8. The Morgan fingerprint density at radius 1 is 1.50 bits per heavy atom. The highest BCUT2D eigenvalue weighted by Crippen LogP contribution is 1.98. The number of nitrogens with zero attached hydrogens (tertiary/aromatic N) is 4. The van der Waals surface area contributed by atoms with Crippen LogP contribution >= 0.6 is 0 Å². The molecule has 2 heterocycles. The van der Waals surface area contributed by atoms with Crippen molar-refractivity contribution >= 4 is 5.95 Å². The number of hydrogen-bond acceptors (Lipinski definition) is 5. The first-order valence-electron chi connectivity index (χ1n) is 5.29. The van der Waals surface area contributed by atoms with E-state index in [1.165, 1.54) is 10.9 Å². The molecule has 0 aromatic carbocycles. The zero-order valence-corrected chi connectivity index (χ0v) is 9.58. The Labute approximate surface area is 104 Å². The lowest BCUT2D eigenvalue weighted by molar-refractivity contribution is 0.700. The molecule has 2 aromatic heterocycles. The van der Waals surface area contributed by atoms with E-state index in [1.54, 1.807) is 12.4 Å². The van der Waals surface area contributed by atoms with Crippen molar-refractivity contribution in [3.05, 3.63) is 46.9 Å². The molecule has 0 unspecified atom stereocenters. The molecule has 0 radical (unpaired) electrons. The molecule has 0 bridgehead atoms. The normalized spacial score (nSPS) is 9.72. The average Bonchev–Trinajstić information content (AvgIpc) is 2.40. The van der Waals surface area contributed by atoms with Crippen LogP contribution in [-0.4, -0.2) is 26.1 Å². The molecule has 2 rings (SSSR count). The summed E-state index contributed by atoms with van der Waals surface area (Å²) in [4.78, 5) is 23.5. The van der Waals surface area contributed by atoms with E-state index in [2.05, 4.69) is 26.2 Å². The monoisotopic (exact) mass is 241 g/mol. The summed E-state index contributed by atoms with van der Waals surface area (Å²) in [5.74, 6) is 2.62. The highest BCUT2D eigenvalue weighted by atomic mass is 16.1. The molecule has 0 aliphatic heterocycles. The lowest BCUT2D eigenvalue weighted by atomic mass is 10.3. The largest absolute Gasteiger partial charge is 0.352 e. The molecule has 1 N–H and O–H groups in total. The smallest absolute Gasteiger partial charge is 0.343 e. The highest BCUT2D eigenvalue weighted by Gasteiger charge is 2.01. The Kier molecular flexibility index (Phi) is 3.66. The van der Waals surface area contributed by atoms with Crippen molar-refractivity contribution in [3.63, 3.8) is 0 Å². The summed E-state index contributed by atoms with van der Waals surface area (Å²) in [7, 11) is 0. The van der Waals surface area contributed by atoms with Crippen molar-refractivity contribution < 1.29 is 0 Å². The second-order valence-corrected chi connectivity index (χ2v) is 3.51. The van der Waals surface area contributed by atoms with Gasteiger partial charge in [-0.05, 0) is 11.6 Å². The van der Waals surface area contributed by atoms with Crippen molar-refractivity contribution in [2.75, 3.05) is 11.9 Å². The van der Waals surface area contributed by atoms with Crippen LogP contribution < -0.4 is 11.0 Å². The van der Waals surface area contributed by atoms with Crippen molar-refractivity contribution in [2.24, 2.45) is 0 Å². The Balaban J connectivity index is 2.16. The SMILES string of the molecule is C#CCNc1ncn(Cc2cccnc2)c(=O)n1. The minimum absolute atomic E-state index is 0.236. The quantitative estimate of drug-likeness (QED) is 0.770. The molecule has 0 atom stereocenters. The van der Waals surface area contributed by atoms with Gasteiger partial charge in [0.25, 0.3) is 0 Å². The molecular formula is C12H11N5O. The van der Waals surface area contributed by atoms with E-state index in [1.807, 2.05) is 12.1 Å². The molecule has 0 amide bonds. The van der Waals surface area contributed by atoms with E-state index in [4.69, 9.17) is 6.42 Å². The Hall–Kier alpha value is -2.68. The fourth-order valence-corrected chi connectivity index (χ4v) is 1.37. The number of aromatic nitrogens is 4. The Morgan fingerprint density at radius 2 is 2.39 bits per heavy atom. The highest BCUT2D eigenvalue weighted by molar-refractivity contribution is 5.23. The molecule has 0 saturated heterocycles. The molecule has 90 valence electrons. The fourth-order valence-electron chi connectivity index (χ4n) is 1.37. The van der Waals surface area contributed by atoms with Crippen LogP contribution in [0.15, 0.2) is 35.6 Å². The topological polar surface area (TPSA) is 72.7 Å². The van der Waals surface area contributed by atoms with Crippen LogP contribution in [0.5, 0.6) is 0 Å². The minimum Gasteiger partial charge on any atom is -0.343 e. The molecular weight excluding hydrogens is 230 g/mol. The lowest BCUT2D eigenvalue weighted by Gasteiger charge is -2.05. The van der Waals surface area contributed by atoms with E-state index in [0.717, 1.165) is 5.56 Å². The first-order chi connectivity index (χ1) is 8.79. The maximum Gasteiger partial charge on any atom is 0.352 e. The van der Waals surface area contributed by atoms with E-state index in [0.29, 0.717) is 6.54 Å². The third kappa shape index (κ3) is 2.92. The van der Waals surface area contributed by atoms with Gasteiger partial charge in [-0.15, -0.1) is 6.42 Å². The standard InChI is InChI=1S/C12H11N5O/c1-2-5-14-11-15-9-17(12(18)16-11)8-10-4-3-6-13-7-10/h1,3-4,6-7,9H,5,8H2,(H,14,16,18). The van der Waals surface area contributed by atoms with Gasteiger partial charge < -0.3 is 5.32 Å². The number of pyridine rings is 1. The van der Waals surface area contributed by atoms with Gasteiger partial charge in [0, 0.05) is 12.4 Å². The number of nitrogens with one attached hydrogen (secondary N) is 1. The lowest BCUT2D eigenvalue weighted by Crippen LogP contribution is -2.25. The summed E-state index contributed by atoms with van der Waals surface area (Å²) >= 11 is 0. The van der Waals surface area contributed by atoms with Crippen LogP contribution in [0.25, 0.3) is 0 Å². The third-order valence-corrected chi connectivity index (χ3v) is 2.19. The molecule has 18 heavy (non-hydrogen) atoms. The summed E-state index contributed by atoms with van der Waals surface area (Å²) < 4.78 is 1.40. The summed E-state index contributed by atoms with van der Waals surface area (Å²) in [6.07, 6.45) is 9.89. The van der Waals surface area contributed by atoms with Gasteiger partial charge in [-0.2, -0.15) is 4.98 Å². The predicted octanol–water partition coefficient (Wildman–Crippen LogP) is 0.127. The molecule has 6 heteroatoms. The molecule has 0 aliphatic carbocycles. The maximum atomic E-state index is 11.7. The first-order valence-corrected chi connectivity index (χ1v) is 5.29. The molecule has 0 aliphatic rings. The van der Waals surface area contributed by atoms with Crippen LogP contribution in [0.3, 0.4) is 0 Å². The molecule has 0 fully saturated rings. The van der Waals surface area contributed by atoms with Gasteiger partial charge >= 0.3 is 5.69 Å². The van der Waals surface area contributed by atoms with Crippen molar-refractivity contribution in [3.8, 4) is 12.3 Å². The van der Waals surface area contributed by atoms with Gasteiger partial charge in [0.1, 0.15) is 6.33 Å². The fraction of sp³-hybridized carbons (Fsp3) is 0.167. The molecule has 2 aromatic rings. The summed E-state index contributed by atoms with van der Waals surface area (Å²) in [5.41, 5.74) is 0.529. The minimum atomic E-state index is -0.381. The van der Waals surface area contributed by atoms with Crippen molar-refractivity contribution in [2.45, 2.75) is 6.54 Å². The van der Waals surface area contributed by atoms with Crippen LogP contribution in [0.1, 0.15) is 5.56 Å². The van der Waals surface area contributed by atoms with Crippen molar-refractivity contribution in [1.29, 1.82) is 0 Å². The Morgan fingerprint density at radius 3 is 3.06 bits per heavy atom. The van der Waals surface area contributed by atoms with Gasteiger partial charge in [0.05, 0.1) is 13.1 Å². The number of hydrogen-bond donors (Lipinski definition) is 1. The van der Waals surface area contributed by atoms with Crippen LogP contribution in [0.2, 0.25) is 0 Å². The molecule has 6 nitrogen and oxygen atoms in total. The van der Waals surface area contributed by atoms with Gasteiger partial charge in [0.15, 0.2) is 0 Å². The van der Waals surface area contributed by atoms with Crippen LogP contribution in [0.4, 0.5) is 5.95 Å². The molecule has 0 spiro atoms. The van der Waals surface area contributed by atoms with E-state index < -0.39 is 0 Å². The summed E-state index contributed by atoms with van der Waals surface area (Å²) in [6.45, 7) is 0.675. The van der Waals surface area contributed by atoms with Gasteiger partial charge in [-0.25, -0.2) is 9.78 Å². The van der Waals surface area contributed by atoms with Gasteiger partial charge in [0.2, 0.25) is 5.95 Å². The average molecular weight is 241 g/mol. The maximum absolute atomic E-state index is 11.7. The predicted molar refractivity (Wildman–Crippen MR) is 67.0 cm³/mol. The van der Waals surface area contributed by atoms with Crippen molar-refractivity contribution in [1.82, 2.24) is 19.5 Å². The first kappa shape index (κ1) is 11.8. The number of terminal acetylenes is 1. The summed E-state index contributed by atoms with van der Waals surface area (Å²) in [5, 5.41) is 2.74. The number of anilines is 1. The molecule has 0 saturated carbocycles. The third-order valence-electron chi connectivity index (χ3n) is 2.19. The van der Waals surface area contributed by atoms with Gasteiger partial charge in [-0.1, -0.05) is 12.0 Å². The van der Waals surface area contributed by atoms with E-state index in [9.17, 15) is 4.79 Å². The second kappa shape index (κ2) is 5.59. The summed E-state index contributed by atoms with van der Waals surface area (Å²) in [6, 6.07) is 3.69.